The highest BCUT2D eigenvalue weighted by molar-refractivity contribution is 9.10. The zero-order valence-electron chi connectivity index (χ0n) is 12.7. The second kappa shape index (κ2) is 7.64. The molecule has 0 aliphatic carbocycles. The summed E-state index contributed by atoms with van der Waals surface area (Å²) in [5.74, 6) is 0.703. The first-order chi connectivity index (χ1) is 9.36. The molecule has 0 saturated heterocycles. The molecule has 0 aromatic heterocycles. The standard InChI is InChI=1S/C15H23BrN2O2/c1-10(2)18(5)15(19)9-20-14-8-12(16)6-7-13(14)11(3)17-4/h6-8,10-11,17H,9H2,1-5H3. The van der Waals surface area contributed by atoms with Crippen molar-refractivity contribution >= 4 is 21.8 Å². The Morgan fingerprint density at radius 3 is 2.60 bits per heavy atom. The molecule has 1 aromatic carbocycles. The van der Waals surface area contributed by atoms with Crippen molar-refractivity contribution in [3.63, 3.8) is 0 Å². The van der Waals surface area contributed by atoms with E-state index in [0.29, 0.717) is 0 Å². The van der Waals surface area contributed by atoms with Crippen molar-refractivity contribution in [3.8, 4) is 5.75 Å². The lowest BCUT2D eigenvalue weighted by atomic mass is 10.1. The molecule has 0 bridgehead atoms. The number of rotatable bonds is 6. The Balaban J connectivity index is 2.81. The largest absolute Gasteiger partial charge is 0.483 e. The molecule has 1 unspecified atom stereocenters. The monoisotopic (exact) mass is 342 g/mol. The molecule has 0 spiro atoms. The van der Waals surface area contributed by atoms with E-state index < -0.39 is 0 Å². The zero-order chi connectivity index (χ0) is 15.3. The van der Waals surface area contributed by atoms with Gasteiger partial charge in [0.05, 0.1) is 0 Å². The quantitative estimate of drug-likeness (QED) is 0.863. The van der Waals surface area contributed by atoms with Crippen molar-refractivity contribution in [1.82, 2.24) is 10.2 Å². The molecule has 0 heterocycles. The molecule has 4 nitrogen and oxygen atoms in total. The van der Waals surface area contributed by atoms with E-state index in [4.69, 9.17) is 4.74 Å². The van der Waals surface area contributed by atoms with E-state index in [-0.39, 0.29) is 24.6 Å². The lowest BCUT2D eigenvalue weighted by Gasteiger charge is -2.22. The smallest absolute Gasteiger partial charge is 0.260 e. The van der Waals surface area contributed by atoms with Crippen molar-refractivity contribution in [3.05, 3.63) is 28.2 Å². The SMILES string of the molecule is CNC(C)c1ccc(Br)cc1OCC(=O)N(C)C(C)C. The number of halogens is 1. The summed E-state index contributed by atoms with van der Waals surface area (Å²) in [7, 11) is 3.68. The molecule has 1 aromatic rings. The normalized spacial score (nSPS) is 12.3. The van der Waals surface area contributed by atoms with Crippen LogP contribution in [0.5, 0.6) is 5.75 Å². The van der Waals surface area contributed by atoms with Gasteiger partial charge in [0.2, 0.25) is 0 Å². The molecule has 0 fully saturated rings. The average Bonchev–Trinajstić information content (AvgIpc) is 2.42. The highest BCUT2D eigenvalue weighted by atomic mass is 79.9. The van der Waals surface area contributed by atoms with Gasteiger partial charge < -0.3 is 15.0 Å². The van der Waals surface area contributed by atoms with Crippen LogP contribution in [0.25, 0.3) is 0 Å². The minimum atomic E-state index is -0.0250. The number of ether oxygens (including phenoxy) is 1. The van der Waals surface area contributed by atoms with Gasteiger partial charge in [0.1, 0.15) is 5.75 Å². The van der Waals surface area contributed by atoms with Crippen molar-refractivity contribution < 1.29 is 9.53 Å². The molecule has 0 saturated carbocycles. The predicted molar refractivity (Wildman–Crippen MR) is 85.0 cm³/mol. The Morgan fingerprint density at radius 1 is 1.40 bits per heavy atom. The van der Waals surface area contributed by atoms with Gasteiger partial charge in [-0.3, -0.25) is 4.79 Å². The van der Waals surface area contributed by atoms with E-state index in [1.807, 2.05) is 39.1 Å². The Morgan fingerprint density at radius 2 is 2.05 bits per heavy atom. The Hall–Kier alpha value is -1.07. The molecule has 1 amide bonds. The average molecular weight is 343 g/mol. The fraction of sp³-hybridized carbons (Fsp3) is 0.533. The minimum absolute atomic E-state index is 0.0250. The number of amides is 1. The summed E-state index contributed by atoms with van der Waals surface area (Å²) in [5, 5.41) is 3.18. The lowest BCUT2D eigenvalue weighted by molar-refractivity contribution is -0.133. The Bertz CT molecular complexity index is 463. The topological polar surface area (TPSA) is 41.6 Å². The number of nitrogens with one attached hydrogen (secondary N) is 1. The van der Waals surface area contributed by atoms with Crippen molar-refractivity contribution in [2.24, 2.45) is 0 Å². The van der Waals surface area contributed by atoms with Gasteiger partial charge in [-0.15, -0.1) is 0 Å². The number of benzene rings is 1. The van der Waals surface area contributed by atoms with Gasteiger partial charge in [-0.1, -0.05) is 22.0 Å². The number of hydrogen-bond acceptors (Lipinski definition) is 3. The van der Waals surface area contributed by atoms with Crippen LogP contribution in [0.3, 0.4) is 0 Å². The number of nitrogens with zero attached hydrogens (tertiary/aromatic N) is 1. The molecule has 1 N–H and O–H groups in total. The molecule has 112 valence electrons. The van der Waals surface area contributed by atoms with Crippen LogP contribution in [0.15, 0.2) is 22.7 Å². The maximum atomic E-state index is 12.0. The molecular formula is C15H23BrN2O2. The summed E-state index contributed by atoms with van der Waals surface area (Å²) in [4.78, 5) is 13.6. The van der Waals surface area contributed by atoms with Gasteiger partial charge in [0, 0.05) is 29.2 Å². The van der Waals surface area contributed by atoms with E-state index >= 15 is 0 Å². The van der Waals surface area contributed by atoms with Crippen molar-refractivity contribution in [1.29, 1.82) is 0 Å². The second-order valence-electron chi connectivity index (χ2n) is 5.08. The number of carbonyl (C=O) groups excluding carboxylic acids is 1. The van der Waals surface area contributed by atoms with Crippen LogP contribution in [0.1, 0.15) is 32.4 Å². The third-order valence-electron chi connectivity index (χ3n) is 3.39. The molecule has 1 rings (SSSR count). The van der Waals surface area contributed by atoms with Crippen molar-refractivity contribution in [2.45, 2.75) is 32.9 Å². The first kappa shape index (κ1) is 17.0. The predicted octanol–water partition coefficient (Wildman–Crippen LogP) is 2.98. The van der Waals surface area contributed by atoms with Gasteiger partial charge in [-0.05, 0) is 40.0 Å². The molecule has 20 heavy (non-hydrogen) atoms. The summed E-state index contributed by atoms with van der Waals surface area (Å²) in [6.07, 6.45) is 0. The van der Waals surface area contributed by atoms with Crippen LogP contribution < -0.4 is 10.1 Å². The van der Waals surface area contributed by atoms with Crippen LogP contribution >= 0.6 is 15.9 Å². The molecule has 5 heteroatoms. The summed E-state index contributed by atoms with van der Waals surface area (Å²) >= 11 is 3.43. The molecule has 1 atom stereocenters. The molecule has 0 aliphatic rings. The summed E-state index contributed by atoms with van der Waals surface area (Å²) in [6, 6.07) is 6.20. The third-order valence-corrected chi connectivity index (χ3v) is 3.89. The van der Waals surface area contributed by atoms with E-state index in [9.17, 15) is 4.79 Å². The third kappa shape index (κ3) is 4.49. The maximum Gasteiger partial charge on any atom is 0.260 e. The van der Waals surface area contributed by atoms with Crippen molar-refractivity contribution in [2.75, 3.05) is 20.7 Å². The van der Waals surface area contributed by atoms with E-state index in [0.717, 1.165) is 15.8 Å². The fourth-order valence-electron chi connectivity index (χ4n) is 1.68. The second-order valence-corrected chi connectivity index (χ2v) is 6.00. The zero-order valence-corrected chi connectivity index (χ0v) is 14.3. The van der Waals surface area contributed by atoms with Gasteiger partial charge in [0.15, 0.2) is 6.61 Å². The minimum Gasteiger partial charge on any atom is -0.483 e. The summed E-state index contributed by atoms with van der Waals surface area (Å²) < 4.78 is 6.65. The number of carbonyl (C=O) groups is 1. The van der Waals surface area contributed by atoms with E-state index in [1.54, 1.807) is 11.9 Å². The van der Waals surface area contributed by atoms with Crippen LogP contribution in [0.4, 0.5) is 0 Å². The van der Waals surface area contributed by atoms with Gasteiger partial charge in [-0.25, -0.2) is 0 Å². The van der Waals surface area contributed by atoms with Crippen LogP contribution in [-0.4, -0.2) is 37.6 Å². The van der Waals surface area contributed by atoms with E-state index in [1.165, 1.54) is 0 Å². The van der Waals surface area contributed by atoms with Crippen LogP contribution in [0, 0.1) is 0 Å². The number of hydrogen-bond donors (Lipinski definition) is 1. The maximum absolute atomic E-state index is 12.0. The lowest BCUT2D eigenvalue weighted by Crippen LogP contribution is -2.36. The summed E-state index contributed by atoms with van der Waals surface area (Å²) in [6.45, 7) is 6.06. The van der Waals surface area contributed by atoms with Gasteiger partial charge in [-0.2, -0.15) is 0 Å². The Kier molecular flexibility index (Phi) is 6.49. The first-order valence-corrected chi connectivity index (χ1v) is 7.51. The summed E-state index contributed by atoms with van der Waals surface area (Å²) in [5.41, 5.74) is 1.04. The first-order valence-electron chi connectivity index (χ1n) is 6.72. The molecular weight excluding hydrogens is 320 g/mol. The van der Waals surface area contributed by atoms with E-state index in [2.05, 4.69) is 28.2 Å². The Labute approximate surface area is 129 Å². The highest BCUT2D eigenvalue weighted by Gasteiger charge is 2.15. The van der Waals surface area contributed by atoms with Gasteiger partial charge in [0.25, 0.3) is 5.91 Å². The van der Waals surface area contributed by atoms with Crippen LogP contribution in [-0.2, 0) is 4.79 Å². The molecule has 0 radical (unpaired) electrons. The molecule has 0 aliphatic heterocycles. The van der Waals surface area contributed by atoms with Gasteiger partial charge >= 0.3 is 0 Å². The number of likely N-dealkylation sites (N-methyl/N-ethyl adjacent to an activating group) is 1. The fourth-order valence-corrected chi connectivity index (χ4v) is 2.02. The van der Waals surface area contributed by atoms with Crippen LogP contribution in [0.2, 0.25) is 0 Å². The highest BCUT2D eigenvalue weighted by Crippen LogP contribution is 2.28.